The fraction of sp³-hybridized carbons (Fsp3) is 0.286. The van der Waals surface area contributed by atoms with Gasteiger partial charge in [0, 0.05) is 5.56 Å². The number of oxime groups is 1. The number of carbonyl (C=O) groups is 1. The van der Waals surface area contributed by atoms with Gasteiger partial charge in [-0.25, -0.2) is 9.82 Å². The Morgan fingerprint density at radius 3 is 2.69 bits per heavy atom. The van der Waals surface area contributed by atoms with Crippen molar-refractivity contribution in [1.29, 1.82) is 0 Å². The quantitative estimate of drug-likeness (QED) is 0.474. The van der Waals surface area contributed by atoms with Crippen molar-refractivity contribution in [2.24, 2.45) is 16.2 Å². The van der Waals surface area contributed by atoms with Crippen molar-refractivity contribution >= 4 is 33.8 Å². The first-order valence-electron chi connectivity index (χ1n) is 9.52. The van der Waals surface area contributed by atoms with E-state index in [0.717, 1.165) is 0 Å². The predicted octanol–water partition coefficient (Wildman–Crippen LogP) is 3.55. The summed E-state index contributed by atoms with van der Waals surface area (Å²) in [6, 6.07) is 6.07. The van der Waals surface area contributed by atoms with Crippen molar-refractivity contribution in [3.8, 4) is 23.0 Å². The molecule has 0 bridgehead atoms. The van der Waals surface area contributed by atoms with Crippen LogP contribution in [0.2, 0.25) is 0 Å². The van der Waals surface area contributed by atoms with Crippen molar-refractivity contribution < 1.29 is 33.0 Å². The van der Waals surface area contributed by atoms with E-state index >= 15 is 0 Å². The monoisotopic (exact) mass is 507 g/mol. The standard InChI is InChI=1S/C21H19BrFN3O6/c1-10-15(21(27)25-24-8-11-6-4-5-7-12(11)23)26-32-16(10)13-14(22)18-20(31-9-30-18)19(29-3)17(13)28-2/h4-8,10,16H,9H2,1-3H3,(H,25,27)/b24-8-/t10-,16-/m1/s1. The van der Waals surface area contributed by atoms with E-state index in [9.17, 15) is 9.18 Å². The first kappa shape index (κ1) is 21.9. The lowest BCUT2D eigenvalue weighted by atomic mass is 9.92. The van der Waals surface area contributed by atoms with Gasteiger partial charge >= 0.3 is 0 Å². The minimum Gasteiger partial charge on any atom is -0.492 e. The predicted molar refractivity (Wildman–Crippen MR) is 116 cm³/mol. The SMILES string of the molecule is COc1c2c(c(Br)c([C@@H]3ON=C(C(=O)N/N=C\c4ccccc4F)[C@H]3C)c1OC)OCO2. The molecule has 0 saturated heterocycles. The summed E-state index contributed by atoms with van der Waals surface area (Å²) in [5.74, 6) is 0.0719. The van der Waals surface area contributed by atoms with Gasteiger partial charge in [0.2, 0.25) is 18.3 Å². The molecule has 2 aromatic rings. The Hall–Kier alpha value is -3.34. The number of rotatable bonds is 6. The number of nitrogens with zero attached hydrogens (tertiary/aromatic N) is 2. The van der Waals surface area contributed by atoms with E-state index in [1.54, 1.807) is 19.1 Å². The zero-order valence-electron chi connectivity index (χ0n) is 17.3. The van der Waals surface area contributed by atoms with Crippen LogP contribution in [0.25, 0.3) is 0 Å². The number of methoxy groups -OCH3 is 2. The van der Waals surface area contributed by atoms with Crippen molar-refractivity contribution in [2.75, 3.05) is 21.0 Å². The second kappa shape index (κ2) is 9.03. The minimum atomic E-state index is -0.681. The summed E-state index contributed by atoms with van der Waals surface area (Å²) in [6.45, 7) is 1.81. The van der Waals surface area contributed by atoms with Gasteiger partial charge in [-0.05, 0) is 22.0 Å². The van der Waals surface area contributed by atoms with Gasteiger partial charge in [-0.3, -0.25) is 4.79 Å². The maximum Gasteiger partial charge on any atom is 0.289 e. The summed E-state index contributed by atoms with van der Waals surface area (Å²) in [4.78, 5) is 18.2. The number of amides is 1. The number of hydrogen-bond donors (Lipinski definition) is 1. The van der Waals surface area contributed by atoms with Gasteiger partial charge in [-0.2, -0.15) is 5.10 Å². The molecule has 0 fully saturated rings. The molecule has 2 aliphatic heterocycles. The van der Waals surface area contributed by atoms with Gasteiger partial charge < -0.3 is 23.8 Å². The lowest BCUT2D eigenvalue weighted by Crippen LogP contribution is -2.31. The number of hydrazone groups is 1. The molecule has 0 aromatic heterocycles. The number of hydrogen-bond acceptors (Lipinski definition) is 8. The Balaban J connectivity index is 1.56. The molecule has 1 N–H and O–H groups in total. The number of carbonyl (C=O) groups excluding carboxylic acids is 1. The van der Waals surface area contributed by atoms with Crippen LogP contribution in [-0.2, 0) is 9.63 Å². The molecule has 1 amide bonds. The maximum atomic E-state index is 13.7. The largest absolute Gasteiger partial charge is 0.492 e. The van der Waals surface area contributed by atoms with Crippen molar-refractivity contribution in [3.05, 3.63) is 45.7 Å². The van der Waals surface area contributed by atoms with E-state index in [1.165, 1.54) is 32.6 Å². The van der Waals surface area contributed by atoms with E-state index in [1.807, 2.05) is 0 Å². The van der Waals surface area contributed by atoms with E-state index in [2.05, 4.69) is 31.6 Å². The average molecular weight is 508 g/mol. The molecule has 32 heavy (non-hydrogen) atoms. The molecule has 2 heterocycles. The highest BCUT2D eigenvalue weighted by atomic mass is 79.9. The molecule has 0 saturated carbocycles. The Bertz CT molecular complexity index is 1120. The van der Waals surface area contributed by atoms with Gasteiger partial charge in [-0.15, -0.1) is 0 Å². The van der Waals surface area contributed by atoms with E-state index < -0.39 is 23.7 Å². The summed E-state index contributed by atoms with van der Waals surface area (Å²) < 4.78 is 36.4. The summed E-state index contributed by atoms with van der Waals surface area (Å²) in [5, 5.41) is 7.76. The zero-order valence-corrected chi connectivity index (χ0v) is 18.9. The normalized spacial score (nSPS) is 19.0. The molecule has 2 aliphatic rings. The Morgan fingerprint density at radius 2 is 1.97 bits per heavy atom. The third kappa shape index (κ3) is 3.72. The van der Waals surface area contributed by atoms with E-state index in [0.29, 0.717) is 33.0 Å². The molecule has 0 unspecified atom stereocenters. The number of benzene rings is 2. The van der Waals surface area contributed by atoms with Gasteiger partial charge in [0.25, 0.3) is 5.91 Å². The van der Waals surface area contributed by atoms with Crippen LogP contribution in [0.15, 0.2) is 39.0 Å². The van der Waals surface area contributed by atoms with Crippen LogP contribution >= 0.6 is 15.9 Å². The Kier molecular flexibility index (Phi) is 6.17. The molecule has 4 rings (SSSR count). The first-order chi connectivity index (χ1) is 15.5. The topological polar surface area (TPSA) is 100.0 Å². The smallest absolute Gasteiger partial charge is 0.289 e. The van der Waals surface area contributed by atoms with E-state index in [-0.39, 0.29) is 18.1 Å². The van der Waals surface area contributed by atoms with Crippen LogP contribution in [0.1, 0.15) is 24.2 Å². The third-order valence-electron chi connectivity index (χ3n) is 5.06. The number of fused-ring (bicyclic) bond motifs is 1. The summed E-state index contributed by atoms with van der Waals surface area (Å²) >= 11 is 3.53. The second-order valence-electron chi connectivity index (χ2n) is 6.87. The van der Waals surface area contributed by atoms with Crippen LogP contribution < -0.4 is 24.4 Å². The molecular weight excluding hydrogens is 489 g/mol. The summed E-state index contributed by atoms with van der Waals surface area (Å²) in [7, 11) is 2.97. The second-order valence-corrected chi connectivity index (χ2v) is 7.66. The lowest BCUT2D eigenvalue weighted by Gasteiger charge is -2.22. The molecule has 11 heteroatoms. The minimum absolute atomic E-state index is 0.0299. The number of halogens is 2. The number of nitrogens with one attached hydrogen (secondary N) is 1. The fourth-order valence-electron chi connectivity index (χ4n) is 3.48. The van der Waals surface area contributed by atoms with Gasteiger partial charge in [0.1, 0.15) is 5.82 Å². The highest BCUT2D eigenvalue weighted by Gasteiger charge is 2.42. The Labute approximate surface area is 191 Å². The summed E-state index contributed by atoms with van der Waals surface area (Å²) in [6.07, 6.45) is 0.535. The molecule has 0 aliphatic carbocycles. The Morgan fingerprint density at radius 1 is 1.25 bits per heavy atom. The van der Waals surface area contributed by atoms with E-state index in [4.69, 9.17) is 23.8 Å². The molecular formula is C21H19BrFN3O6. The average Bonchev–Trinajstić information content (AvgIpc) is 3.42. The molecule has 9 nitrogen and oxygen atoms in total. The molecule has 168 valence electrons. The fourth-order valence-corrected chi connectivity index (χ4v) is 4.18. The zero-order chi connectivity index (χ0) is 22.8. The van der Waals surface area contributed by atoms with Crippen LogP contribution in [-0.4, -0.2) is 38.8 Å². The highest BCUT2D eigenvalue weighted by Crippen LogP contribution is 2.57. The molecule has 0 spiro atoms. The molecule has 2 atom stereocenters. The van der Waals surface area contributed by atoms with Crippen LogP contribution in [0, 0.1) is 11.7 Å². The third-order valence-corrected chi connectivity index (χ3v) is 5.84. The van der Waals surface area contributed by atoms with Crippen LogP contribution in [0.3, 0.4) is 0 Å². The van der Waals surface area contributed by atoms with Crippen molar-refractivity contribution in [2.45, 2.75) is 13.0 Å². The van der Waals surface area contributed by atoms with Gasteiger partial charge in [0.05, 0.1) is 36.4 Å². The van der Waals surface area contributed by atoms with Gasteiger partial charge in [0.15, 0.2) is 23.3 Å². The van der Waals surface area contributed by atoms with Crippen molar-refractivity contribution in [3.63, 3.8) is 0 Å². The van der Waals surface area contributed by atoms with Crippen LogP contribution in [0.4, 0.5) is 4.39 Å². The van der Waals surface area contributed by atoms with Crippen LogP contribution in [0.5, 0.6) is 23.0 Å². The summed E-state index contributed by atoms with van der Waals surface area (Å²) in [5.41, 5.74) is 3.27. The van der Waals surface area contributed by atoms with Crippen molar-refractivity contribution in [1.82, 2.24) is 5.43 Å². The molecule has 0 radical (unpaired) electrons. The number of ether oxygens (including phenoxy) is 4. The first-order valence-corrected chi connectivity index (χ1v) is 10.3. The highest BCUT2D eigenvalue weighted by molar-refractivity contribution is 9.10. The lowest BCUT2D eigenvalue weighted by molar-refractivity contribution is -0.115. The molecule has 2 aromatic carbocycles. The van der Waals surface area contributed by atoms with Gasteiger partial charge in [-0.1, -0.05) is 30.3 Å². The maximum absolute atomic E-state index is 13.7.